The van der Waals surface area contributed by atoms with Gasteiger partial charge in [-0.3, -0.25) is 9.59 Å². The second-order valence-corrected chi connectivity index (χ2v) is 5.86. The van der Waals surface area contributed by atoms with Gasteiger partial charge < -0.3 is 4.74 Å². The predicted molar refractivity (Wildman–Crippen MR) is 62.5 cm³/mol. The van der Waals surface area contributed by atoms with Crippen LogP contribution < -0.4 is 0 Å². The lowest BCUT2D eigenvalue weighted by molar-refractivity contribution is -0.132. The fourth-order valence-corrected chi connectivity index (χ4v) is 3.82. The van der Waals surface area contributed by atoms with Gasteiger partial charge in [0.05, 0.1) is 13.2 Å². The monoisotopic (exact) mass is 234 g/mol. The lowest BCUT2D eigenvalue weighted by atomic mass is 9.66. The Balaban J connectivity index is 2.10. The summed E-state index contributed by atoms with van der Waals surface area (Å²) in [5.74, 6) is 0.604. The van der Waals surface area contributed by atoms with Crippen LogP contribution in [0.4, 0.5) is 0 Å². The first-order valence-corrected chi connectivity index (χ1v) is 6.43. The van der Waals surface area contributed by atoms with Crippen molar-refractivity contribution >= 4 is 11.6 Å². The highest BCUT2D eigenvalue weighted by Gasteiger charge is 2.58. The van der Waals surface area contributed by atoms with Crippen molar-refractivity contribution < 1.29 is 14.3 Å². The van der Waals surface area contributed by atoms with Crippen LogP contribution >= 0.6 is 0 Å². The standard InChI is InChI=1S/C14H18O3/c1-8(2)12-11-6-17-7-14(11)4-3-9(15)5-10(14)13(12)16/h8,10H,3-7H2,1-2H3/t10-,14+/m1/s1. The molecule has 3 heteroatoms. The Kier molecular flexibility index (Phi) is 2.31. The van der Waals surface area contributed by atoms with E-state index in [2.05, 4.69) is 13.8 Å². The Morgan fingerprint density at radius 3 is 2.82 bits per heavy atom. The normalized spacial score (nSPS) is 36.8. The van der Waals surface area contributed by atoms with Crippen LogP contribution in [0.1, 0.15) is 33.1 Å². The Labute approximate surface area is 101 Å². The van der Waals surface area contributed by atoms with Crippen molar-refractivity contribution in [1.29, 1.82) is 0 Å². The summed E-state index contributed by atoms with van der Waals surface area (Å²) in [6, 6.07) is 0. The zero-order chi connectivity index (χ0) is 12.2. The van der Waals surface area contributed by atoms with Gasteiger partial charge >= 0.3 is 0 Å². The maximum atomic E-state index is 12.5. The molecule has 0 aromatic carbocycles. The quantitative estimate of drug-likeness (QED) is 0.696. The Bertz CT molecular complexity index is 433. The number of rotatable bonds is 1. The minimum absolute atomic E-state index is 0.107. The number of hydrogen-bond donors (Lipinski definition) is 0. The van der Waals surface area contributed by atoms with Gasteiger partial charge in [0.1, 0.15) is 5.78 Å². The molecule has 0 radical (unpaired) electrons. The number of allylic oxidation sites excluding steroid dienone is 1. The fraction of sp³-hybridized carbons (Fsp3) is 0.714. The molecule has 1 aliphatic heterocycles. The van der Waals surface area contributed by atoms with Gasteiger partial charge in [0.2, 0.25) is 0 Å². The van der Waals surface area contributed by atoms with Crippen LogP contribution in [0.25, 0.3) is 0 Å². The topological polar surface area (TPSA) is 43.4 Å². The van der Waals surface area contributed by atoms with Gasteiger partial charge in [0.15, 0.2) is 5.78 Å². The summed E-state index contributed by atoms with van der Waals surface area (Å²) in [6.45, 7) is 5.36. The van der Waals surface area contributed by atoms with E-state index in [1.807, 2.05) is 0 Å². The van der Waals surface area contributed by atoms with Gasteiger partial charge in [-0.05, 0) is 17.9 Å². The first kappa shape index (κ1) is 11.1. The highest BCUT2D eigenvalue weighted by molar-refractivity contribution is 6.05. The van der Waals surface area contributed by atoms with E-state index in [9.17, 15) is 9.59 Å². The highest BCUT2D eigenvalue weighted by Crippen LogP contribution is 2.56. The zero-order valence-electron chi connectivity index (χ0n) is 10.4. The molecule has 17 heavy (non-hydrogen) atoms. The molecule has 1 heterocycles. The van der Waals surface area contributed by atoms with Crippen LogP contribution in [-0.2, 0) is 14.3 Å². The number of hydrogen-bond acceptors (Lipinski definition) is 3. The van der Waals surface area contributed by atoms with Crippen molar-refractivity contribution in [3.8, 4) is 0 Å². The molecule has 92 valence electrons. The van der Waals surface area contributed by atoms with E-state index in [1.165, 1.54) is 5.57 Å². The van der Waals surface area contributed by atoms with Crippen LogP contribution in [-0.4, -0.2) is 24.8 Å². The third kappa shape index (κ3) is 1.32. The van der Waals surface area contributed by atoms with E-state index in [0.717, 1.165) is 12.0 Å². The summed E-state index contributed by atoms with van der Waals surface area (Å²) >= 11 is 0. The van der Waals surface area contributed by atoms with Crippen molar-refractivity contribution in [3.05, 3.63) is 11.1 Å². The first-order chi connectivity index (χ1) is 8.06. The largest absolute Gasteiger partial charge is 0.376 e. The second kappa shape index (κ2) is 3.52. The molecule has 3 nitrogen and oxygen atoms in total. The molecule has 0 N–H and O–H groups in total. The van der Waals surface area contributed by atoms with Crippen LogP contribution in [0, 0.1) is 17.3 Å². The van der Waals surface area contributed by atoms with Gasteiger partial charge in [0, 0.05) is 29.7 Å². The van der Waals surface area contributed by atoms with Crippen molar-refractivity contribution in [2.75, 3.05) is 13.2 Å². The maximum absolute atomic E-state index is 12.5. The third-order valence-corrected chi connectivity index (χ3v) is 4.64. The summed E-state index contributed by atoms with van der Waals surface area (Å²) in [4.78, 5) is 24.1. The molecule has 2 aliphatic carbocycles. The number of ketones is 2. The molecule has 0 amide bonds. The molecule has 2 fully saturated rings. The van der Waals surface area contributed by atoms with Crippen molar-refractivity contribution in [3.63, 3.8) is 0 Å². The average Bonchev–Trinajstić information content (AvgIpc) is 2.75. The van der Waals surface area contributed by atoms with E-state index < -0.39 is 0 Å². The maximum Gasteiger partial charge on any atom is 0.163 e. The number of Topliss-reactive ketones (excluding diaryl/α,β-unsaturated/α-hetero) is 2. The van der Waals surface area contributed by atoms with Gasteiger partial charge in [-0.2, -0.15) is 0 Å². The average molecular weight is 234 g/mol. The summed E-state index contributed by atoms with van der Waals surface area (Å²) in [7, 11) is 0. The zero-order valence-corrected chi connectivity index (χ0v) is 10.4. The molecule has 0 unspecified atom stereocenters. The van der Waals surface area contributed by atoms with Crippen LogP contribution in [0.15, 0.2) is 11.1 Å². The van der Waals surface area contributed by atoms with Crippen LogP contribution in [0.3, 0.4) is 0 Å². The van der Waals surface area contributed by atoms with Crippen LogP contribution in [0.2, 0.25) is 0 Å². The first-order valence-electron chi connectivity index (χ1n) is 6.43. The molecule has 1 saturated carbocycles. The van der Waals surface area contributed by atoms with E-state index in [4.69, 9.17) is 4.74 Å². The molecule has 3 aliphatic rings. The predicted octanol–water partition coefficient (Wildman–Crippen LogP) is 1.91. The minimum atomic E-state index is -0.112. The number of carbonyl (C=O) groups excluding carboxylic acids is 2. The minimum Gasteiger partial charge on any atom is -0.376 e. The van der Waals surface area contributed by atoms with Crippen molar-refractivity contribution in [2.24, 2.45) is 17.3 Å². The van der Waals surface area contributed by atoms with Crippen molar-refractivity contribution in [1.82, 2.24) is 0 Å². The lowest BCUT2D eigenvalue weighted by Crippen LogP contribution is -2.38. The lowest BCUT2D eigenvalue weighted by Gasteiger charge is -2.35. The Morgan fingerprint density at radius 2 is 2.12 bits per heavy atom. The van der Waals surface area contributed by atoms with Gasteiger partial charge in [-0.15, -0.1) is 0 Å². The molecular formula is C14H18O3. The Hall–Kier alpha value is -0.960. The number of carbonyl (C=O) groups is 2. The summed E-state index contributed by atoms with van der Waals surface area (Å²) in [6.07, 6.45) is 1.86. The second-order valence-electron chi connectivity index (χ2n) is 5.86. The molecule has 1 spiro atoms. The van der Waals surface area contributed by atoms with Crippen molar-refractivity contribution in [2.45, 2.75) is 33.1 Å². The van der Waals surface area contributed by atoms with Gasteiger partial charge in [0.25, 0.3) is 0 Å². The molecule has 3 rings (SSSR count). The molecule has 2 atom stereocenters. The summed E-state index contributed by atoms with van der Waals surface area (Å²) in [5.41, 5.74) is 2.07. The molecule has 0 aromatic rings. The highest BCUT2D eigenvalue weighted by atomic mass is 16.5. The van der Waals surface area contributed by atoms with E-state index in [-0.39, 0.29) is 28.8 Å². The van der Waals surface area contributed by atoms with Crippen LogP contribution in [0.5, 0.6) is 0 Å². The molecular weight excluding hydrogens is 216 g/mol. The molecule has 1 saturated heterocycles. The van der Waals surface area contributed by atoms with E-state index in [1.54, 1.807) is 0 Å². The third-order valence-electron chi connectivity index (χ3n) is 4.64. The molecule has 0 bridgehead atoms. The fourth-order valence-electron chi connectivity index (χ4n) is 3.82. The van der Waals surface area contributed by atoms with E-state index in [0.29, 0.717) is 26.1 Å². The Morgan fingerprint density at radius 1 is 1.35 bits per heavy atom. The summed E-state index contributed by atoms with van der Waals surface area (Å²) < 4.78 is 5.61. The smallest absolute Gasteiger partial charge is 0.163 e. The van der Waals surface area contributed by atoms with Gasteiger partial charge in [-0.25, -0.2) is 0 Å². The molecule has 0 aromatic heterocycles. The summed E-state index contributed by atoms with van der Waals surface area (Å²) in [5, 5.41) is 0. The van der Waals surface area contributed by atoms with Gasteiger partial charge in [-0.1, -0.05) is 13.8 Å². The number of ether oxygens (including phenoxy) is 1. The van der Waals surface area contributed by atoms with E-state index >= 15 is 0 Å². The SMILES string of the molecule is CC(C)C1=C2COC[C@]23CCC(=O)C[C@@H]3C1=O.